The van der Waals surface area contributed by atoms with Gasteiger partial charge < -0.3 is 5.32 Å². The third kappa shape index (κ3) is 2.82. The Labute approximate surface area is 165 Å². The number of nitro benzene ring substituents is 1. The van der Waals surface area contributed by atoms with E-state index < -0.39 is 10.8 Å². The molecule has 0 fully saturated rings. The molecular weight excluding hydrogens is 370 g/mol. The number of aryl methyl sites for hydroxylation is 2. The predicted octanol–water partition coefficient (Wildman–Crippen LogP) is 3.68. The van der Waals surface area contributed by atoms with Gasteiger partial charge in [0.25, 0.3) is 11.6 Å². The van der Waals surface area contributed by atoms with Gasteiger partial charge in [-0.15, -0.1) is 0 Å². The Morgan fingerprint density at radius 2 is 1.93 bits per heavy atom. The van der Waals surface area contributed by atoms with Crippen LogP contribution in [0.15, 0.2) is 61.2 Å². The Kier molecular flexibility index (Phi) is 3.83. The second-order valence-corrected chi connectivity index (χ2v) is 6.87. The first kappa shape index (κ1) is 17.1. The number of amides is 1. The number of nitrogens with zero attached hydrogens (tertiary/aromatic N) is 4. The standard InChI is InChI=1S/C21H15N5O3/c27-21(15-7-9-18(19(10-15)26(28)29)25-12-22-11-23-25)24-17-8-6-14-5-4-13-2-1-3-16(17)20(13)14/h1-3,6-12H,4-5H2,(H,24,27). The maximum absolute atomic E-state index is 12.8. The maximum atomic E-state index is 12.8. The van der Waals surface area contributed by atoms with Crippen LogP contribution in [0, 0.1) is 10.1 Å². The van der Waals surface area contributed by atoms with E-state index in [4.69, 9.17) is 0 Å². The Morgan fingerprint density at radius 1 is 1.10 bits per heavy atom. The molecule has 0 spiro atoms. The number of nitrogens with one attached hydrogen (secondary N) is 1. The highest BCUT2D eigenvalue weighted by Gasteiger charge is 2.21. The molecule has 29 heavy (non-hydrogen) atoms. The highest BCUT2D eigenvalue weighted by atomic mass is 16.6. The average Bonchev–Trinajstić information content (AvgIpc) is 3.41. The summed E-state index contributed by atoms with van der Waals surface area (Å²) in [6.07, 6.45) is 4.66. The molecule has 8 heteroatoms. The topological polar surface area (TPSA) is 103 Å². The first-order valence-electron chi connectivity index (χ1n) is 9.10. The van der Waals surface area contributed by atoms with Gasteiger partial charge >= 0.3 is 0 Å². The van der Waals surface area contributed by atoms with E-state index in [9.17, 15) is 14.9 Å². The lowest BCUT2D eigenvalue weighted by Gasteiger charge is -2.11. The average molecular weight is 385 g/mol. The molecule has 1 aromatic heterocycles. The largest absolute Gasteiger partial charge is 0.321 e. The van der Waals surface area contributed by atoms with Crippen LogP contribution in [0.3, 0.4) is 0 Å². The van der Waals surface area contributed by atoms with Gasteiger partial charge in [-0.1, -0.05) is 24.3 Å². The van der Waals surface area contributed by atoms with Crippen molar-refractivity contribution in [2.45, 2.75) is 12.8 Å². The van der Waals surface area contributed by atoms with Crippen LogP contribution in [0.2, 0.25) is 0 Å². The number of hydrogen-bond acceptors (Lipinski definition) is 5. The summed E-state index contributed by atoms with van der Waals surface area (Å²) < 4.78 is 1.29. The molecule has 1 N–H and O–H groups in total. The van der Waals surface area contributed by atoms with E-state index in [-0.39, 0.29) is 16.9 Å². The lowest BCUT2D eigenvalue weighted by atomic mass is 10.0. The molecule has 0 bridgehead atoms. The first-order valence-corrected chi connectivity index (χ1v) is 9.10. The molecule has 1 aliphatic carbocycles. The summed E-state index contributed by atoms with van der Waals surface area (Å²) in [5, 5.41) is 20.5. The second kappa shape index (κ2) is 6.52. The number of benzene rings is 3. The third-order valence-electron chi connectivity index (χ3n) is 5.22. The van der Waals surface area contributed by atoms with Crippen molar-refractivity contribution in [3.63, 3.8) is 0 Å². The molecule has 8 nitrogen and oxygen atoms in total. The zero-order valence-corrected chi connectivity index (χ0v) is 15.2. The first-order chi connectivity index (χ1) is 14.1. The molecule has 1 heterocycles. The van der Waals surface area contributed by atoms with Crippen molar-refractivity contribution in [2.24, 2.45) is 0 Å². The molecular formula is C21H15N5O3. The maximum Gasteiger partial charge on any atom is 0.295 e. The normalized spacial score (nSPS) is 12.3. The van der Waals surface area contributed by atoms with Crippen molar-refractivity contribution in [1.82, 2.24) is 14.8 Å². The van der Waals surface area contributed by atoms with Crippen LogP contribution in [-0.2, 0) is 12.8 Å². The predicted molar refractivity (Wildman–Crippen MR) is 107 cm³/mol. The highest BCUT2D eigenvalue weighted by molar-refractivity contribution is 6.10. The van der Waals surface area contributed by atoms with Crippen molar-refractivity contribution in [1.29, 1.82) is 0 Å². The molecule has 1 aliphatic rings. The Balaban J connectivity index is 1.52. The van der Waals surface area contributed by atoms with Crippen LogP contribution >= 0.6 is 0 Å². The van der Waals surface area contributed by atoms with Gasteiger partial charge in [-0.25, -0.2) is 9.67 Å². The lowest BCUT2D eigenvalue weighted by Crippen LogP contribution is -2.13. The van der Waals surface area contributed by atoms with Crippen LogP contribution in [0.1, 0.15) is 21.5 Å². The van der Waals surface area contributed by atoms with E-state index in [1.807, 2.05) is 24.3 Å². The summed E-state index contributed by atoms with van der Waals surface area (Å²) >= 11 is 0. The quantitative estimate of drug-likeness (QED) is 0.426. The second-order valence-electron chi connectivity index (χ2n) is 6.87. The van der Waals surface area contributed by atoms with E-state index >= 15 is 0 Å². The number of carbonyl (C=O) groups is 1. The number of carbonyl (C=O) groups excluding carboxylic acids is 1. The van der Waals surface area contributed by atoms with E-state index in [1.54, 1.807) is 6.07 Å². The van der Waals surface area contributed by atoms with Crippen molar-refractivity contribution >= 4 is 28.1 Å². The number of rotatable bonds is 4. The van der Waals surface area contributed by atoms with Gasteiger partial charge in [-0.3, -0.25) is 14.9 Å². The number of anilines is 1. The Bertz CT molecular complexity index is 1270. The monoisotopic (exact) mass is 385 g/mol. The van der Waals surface area contributed by atoms with Crippen LogP contribution in [0.25, 0.3) is 16.5 Å². The minimum absolute atomic E-state index is 0.198. The van der Waals surface area contributed by atoms with Crippen molar-refractivity contribution in [3.8, 4) is 5.69 Å². The molecule has 142 valence electrons. The lowest BCUT2D eigenvalue weighted by molar-refractivity contribution is -0.384. The van der Waals surface area contributed by atoms with Gasteiger partial charge in [0.1, 0.15) is 18.3 Å². The van der Waals surface area contributed by atoms with Crippen LogP contribution in [0.4, 0.5) is 11.4 Å². The molecule has 0 unspecified atom stereocenters. The molecule has 4 aromatic rings. The summed E-state index contributed by atoms with van der Waals surface area (Å²) in [4.78, 5) is 27.6. The Morgan fingerprint density at radius 3 is 2.69 bits per heavy atom. The number of hydrogen-bond donors (Lipinski definition) is 1. The fourth-order valence-electron chi connectivity index (χ4n) is 3.89. The van der Waals surface area contributed by atoms with Gasteiger partial charge in [0.2, 0.25) is 0 Å². The number of nitro groups is 1. The molecule has 0 aliphatic heterocycles. The van der Waals surface area contributed by atoms with Crippen molar-refractivity contribution in [3.05, 3.63) is 88.0 Å². The van der Waals surface area contributed by atoms with E-state index in [2.05, 4.69) is 21.5 Å². The zero-order valence-electron chi connectivity index (χ0n) is 15.2. The Hall–Kier alpha value is -4.07. The van der Waals surface area contributed by atoms with Crippen molar-refractivity contribution in [2.75, 3.05) is 5.32 Å². The molecule has 5 rings (SSSR count). The summed E-state index contributed by atoms with van der Waals surface area (Å²) in [7, 11) is 0. The van der Waals surface area contributed by atoms with Gasteiger partial charge in [0.15, 0.2) is 0 Å². The molecule has 0 saturated heterocycles. The smallest absolute Gasteiger partial charge is 0.295 e. The van der Waals surface area contributed by atoms with E-state index in [0.29, 0.717) is 5.69 Å². The minimum atomic E-state index is -0.535. The SMILES string of the molecule is O=C(Nc1ccc2c3c(cccc13)CC2)c1ccc(-n2cncn2)c([N+](=O)[O-])c1. The number of aromatic nitrogens is 3. The summed E-state index contributed by atoms with van der Waals surface area (Å²) in [5.74, 6) is -0.406. The highest BCUT2D eigenvalue weighted by Crippen LogP contribution is 2.35. The van der Waals surface area contributed by atoms with Crippen LogP contribution < -0.4 is 5.32 Å². The minimum Gasteiger partial charge on any atom is -0.321 e. The van der Waals surface area contributed by atoms with Gasteiger partial charge in [-0.2, -0.15) is 5.10 Å². The molecule has 0 atom stereocenters. The summed E-state index contributed by atoms with van der Waals surface area (Å²) in [6, 6.07) is 14.3. The fraction of sp³-hybridized carbons (Fsp3) is 0.0952. The van der Waals surface area contributed by atoms with Crippen molar-refractivity contribution < 1.29 is 9.72 Å². The van der Waals surface area contributed by atoms with Crippen LogP contribution in [-0.4, -0.2) is 25.6 Å². The van der Waals surface area contributed by atoms with E-state index in [1.165, 1.54) is 46.0 Å². The van der Waals surface area contributed by atoms with Gasteiger partial charge in [0.05, 0.1) is 4.92 Å². The molecule has 0 radical (unpaired) electrons. The molecule has 3 aromatic carbocycles. The summed E-state index contributed by atoms with van der Waals surface area (Å²) in [5.41, 5.74) is 3.48. The van der Waals surface area contributed by atoms with Gasteiger partial charge in [-0.05, 0) is 47.6 Å². The summed E-state index contributed by atoms with van der Waals surface area (Å²) in [6.45, 7) is 0. The fourth-order valence-corrected chi connectivity index (χ4v) is 3.89. The zero-order chi connectivity index (χ0) is 20.0. The van der Waals surface area contributed by atoms with Gasteiger partial charge in [0, 0.05) is 22.7 Å². The molecule has 1 amide bonds. The molecule has 0 saturated carbocycles. The van der Waals surface area contributed by atoms with E-state index in [0.717, 1.165) is 18.2 Å². The third-order valence-corrected chi connectivity index (χ3v) is 5.22. The van der Waals surface area contributed by atoms with Crippen LogP contribution in [0.5, 0.6) is 0 Å².